The Hall–Kier alpha value is -1.32. The summed E-state index contributed by atoms with van der Waals surface area (Å²) in [6, 6.07) is 0.584. The number of nitrogen functional groups attached to an aromatic ring is 1. The highest BCUT2D eigenvalue weighted by atomic mass is 15.1. The van der Waals surface area contributed by atoms with E-state index in [0.717, 1.165) is 17.2 Å². The van der Waals surface area contributed by atoms with Gasteiger partial charge in [0.2, 0.25) is 0 Å². The summed E-state index contributed by atoms with van der Waals surface area (Å²) in [5.74, 6) is 2.29. The molecule has 88 valence electrons. The zero-order valence-corrected chi connectivity index (χ0v) is 10.5. The molecule has 4 nitrogen and oxygen atoms in total. The number of hydrogen-bond acceptors (Lipinski definition) is 4. The molecular weight excluding hydrogens is 200 g/mol. The summed E-state index contributed by atoms with van der Waals surface area (Å²) in [5.41, 5.74) is 6.81. The molecule has 1 saturated carbocycles. The number of nitrogens with one attached hydrogen (secondary N) is 1. The lowest BCUT2D eigenvalue weighted by atomic mass is 9.95. The fourth-order valence-electron chi connectivity index (χ4n) is 1.43. The first kappa shape index (κ1) is 11.2. The molecule has 0 spiro atoms. The van der Waals surface area contributed by atoms with Crippen LogP contribution < -0.4 is 11.1 Å². The van der Waals surface area contributed by atoms with Crippen LogP contribution in [0, 0.1) is 6.92 Å². The van der Waals surface area contributed by atoms with Gasteiger partial charge >= 0.3 is 0 Å². The maximum Gasteiger partial charge on any atom is 0.138 e. The second-order valence-corrected chi connectivity index (χ2v) is 5.57. The summed E-state index contributed by atoms with van der Waals surface area (Å²) in [6.45, 7) is 8.25. The lowest BCUT2D eigenvalue weighted by Gasteiger charge is -2.19. The molecule has 1 aromatic heterocycles. The number of hydrogen-bond donors (Lipinski definition) is 2. The minimum atomic E-state index is -0.0677. The van der Waals surface area contributed by atoms with Crippen molar-refractivity contribution in [1.82, 2.24) is 9.97 Å². The number of anilines is 2. The molecule has 3 N–H and O–H groups in total. The molecule has 0 aliphatic heterocycles. The van der Waals surface area contributed by atoms with Gasteiger partial charge in [-0.3, -0.25) is 0 Å². The minimum Gasteiger partial charge on any atom is -0.383 e. The van der Waals surface area contributed by atoms with Crippen LogP contribution in [-0.2, 0) is 5.41 Å². The van der Waals surface area contributed by atoms with E-state index in [9.17, 15) is 0 Å². The normalized spacial score (nSPS) is 16.2. The van der Waals surface area contributed by atoms with E-state index in [-0.39, 0.29) is 5.41 Å². The molecule has 1 aliphatic rings. The molecular formula is C12H20N4. The Morgan fingerprint density at radius 1 is 1.25 bits per heavy atom. The van der Waals surface area contributed by atoms with E-state index in [2.05, 4.69) is 36.1 Å². The summed E-state index contributed by atoms with van der Waals surface area (Å²) in [4.78, 5) is 8.94. The van der Waals surface area contributed by atoms with Crippen LogP contribution in [0.25, 0.3) is 0 Å². The highest BCUT2D eigenvalue weighted by Gasteiger charge is 2.25. The van der Waals surface area contributed by atoms with Crippen molar-refractivity contribution < 1.29 is 0 Å². The fourth-order valence-corrected chi connectivity index (χ4v) is 1.43. The largest absolute Gasteiger partial charge is 0.383 e. The molecule has 0 radical (unpaired) electrons. The van der Waals surface area contributed by atoms with Gasteiger partial charge in [-0.15, -0.1) is 0 Å². The molecule has 0 bridgehead atoms. The molecule has 1 aromatic rings. The van der Waals surface area contributed by atoms with Gasteiger partial charge in [-0.1, -0.05) is 20.8 Å². The van der Waals surface area contributed by atoms with Crippen LogP contribution in [-0.4, -0.2) is 16.0 Å². The average Bonchev–Trinajstić information content (AvgIpc) is 2.94. The van der Waals surface area contributed by atoms with Crippen LogP contribution in [0.5, 0.6) is 0 Å². The first-order valence-corrected chi connectivity index (χ1v) is 5.79. The molecule has 0 unspecified atom stereocenters. The van der Waals surface area contributed by atoms with Gasteiger partial charge in [0.05, 0.1) is 0 Å². The topological polar surface area (TPSA) is 63.8 Å². The molecule has 0 atom stereocenters. The van der Waals surface area contributed by atoms with E-state index in [1.807, 2.05) is 6.92 Å². The zero-order chi connectivity index (χ0) is 11.9. The molecule has 1 heterocycles. The Kier molecular flexibility index (Phi) is 2.52. The van der Waals surface area contributed by atoms with Gasteiger partial charge in [-0.2, -0.15) is 0 Å². The first-order valence-electron chi connectivity index (χ1n) is 5.79. The van der Waals surface area contributed by atoms with E-state index in [0.29, 0.717) is 11.9 Å². The lowest BCUT2D eigenvalue weighted by molar-refractivity contribution is 0.546. The highest BCUT2D eigenvalue weighted by molar-refractivity contribution is 5.56. The van der Waals surface area contributed by atoms with Gasteiger partial charge in [0.15, 0.2) is 0 Å². The Bertz CT molecular complexity index is 402. The van der Waals surface area contributed by atoms with Gasteiger partial charge in [0.25, 0.3) is 0 Å². The number of nitrogens with two attached hydrogens (primary N) is 1. The van der Waals surface area contributed by atoms with Crippen LogP contribution in [0.3, 0.4) is 0 Å². The van der Waals surface area contributed by atoms with Crippen LogP contribution in [0.2, 0.25) is 0 Å². The third-order valence-corrected chi connectivity index (χ3v) is 2.77. The van der Waals surface area contributed by atoms with Gasteiger partial charge < -0.3 is 11.1 Å². The highest BCUT2D eigenvalue weighted by Crippen LogP contribution is 2.29. The molecule has 1 fully saturated rings. The minimum absolute atomic E-state index is 0.0677. The van der Waals surface area contributed by atoms with Gasteiger partial charge in [-0.05, 0) is 19.8 Å². The third-order valence-electron chi connectivity index (χ3n) is 2.77. The summed E-state index contributed by atoms with van der Waals surface area (Å²) >= 11 is 0. The van der Waals surface area contributed by atoms with Crippen LogP contribution in [0.1, 0.15) is 45.0 Å². The smallest absolute Gasteiger partial charge is 0.138 e. The third kappa shape index (κ3) is 2.26. The monoisotopic (exact) mass is 220 g/mol. The van der Waals surface area contributed by atoms with Gasteiger partial charge in [-0.25, -0.2) is 9.97 Å². The number of rotatable bonds is 2. The SMILES string of the molecule is Cc1c(N)nc(C(C)(C)C)nc1NC1CC1. The predicted molar refractivity (Wildman–Crippen MR) is 66.5 cm³/mol. The fraction of sp³-hybridized carbons (Fsp3) is 0.667. The summed E-state index contributed by atoms with van der Waals surface area (Å²) in [6.07, 6.45) is 2.46. The molecule has 0 aromatic carbocycles. The first-order chi connectivity index (χ1) is 7.38. The van der Waals surface area contributed by atoms with E-state index >= 15 is 0 Å². The van der Waals surface area contributed by atoms with E-state index in [1.54, 1.807) is 0 Å². The molecule has 0 amide bonds. The quantitative estimate of drug-likeness (QED) is 0.802. The van der Waals surface area contributed by atoms with Crippen LogP contribution in [0.15, 0.2) is 0 Å². The van der Waals surface area contributed by atoms with Crippen molar-refractivity contribution in [2.24, 2.45) is 0 Å². The molecule has 4 heteroatoms. The van der Waals surface area contributed by atoms with E-state index in [4.69, 9.17) is 5.73 Å². The Morgan fingerprint density at radius 2 is 1.88 bits per heavy atom. The maximum atomic E-state index is 5.92. The van der Waals surface area contributed by atoms with Gasteiger partial charge in [0, 0.05) is 17.0 Å². The standard InChI is InChI=1S/C12H20N4/c1-7-9(13)15-11(12(2,3)4)16-10(7)14-8-5-6-8/h8H,5-6H2,1-4H3,(H3,13,14,15,16). The zero-order valence-electron chi connectivity index (χ0n) is 10.5. The Morgan fingerprint density at radius 3 is 2.38 bits per heavy atom. The molecule has 1 aliphatic carbocycles. The van der Waals surface area contributed by atoms with Gasteiger partial charge in [0.1, 0.15) is 17.5 Å². The van der Waals surface area contributed by atoms with Crippen molar-refractivity contribution in [1.29, 1.82) is 0 Å². The van der Waals surface area contributed by atoms with Crippen molar-refractivity contribution in [3.63, 3.8) is 0 Å². The summed E-state index contributed by atoms with van der Waals surface area (Å²) < 4.78 is 0. The second-order valence-electron chi connectivity index (χ2n) is 5.57. The Labute approximate surface area is 96.7 Å². The summed E-state index contributed by atoms with van der Waals surface area (Å²) in [5, 5.41) is 3.41. The number of nitrogens with zero attached hydrogens (tertiary/aromatic N) is 2. The molecule has 16 heavy (non-hydrogen) atoms. The van der Waals surface area contributed by atoms with Crippen molar-refractivity contribution >= 4 is 11.6 Å². The Balaban J connectivity index is 2.38. The number of aromatic nitrogens is 2. The molecule has 0 saturated heterocycles. The second kappa shape index (κ2) is 3.61. The van der Waals surface area contributed by atoms with Crippen molar-refractivity contribution in [2.75, 3.05) is 11.1 Å². The van der Waals surface area contributed by atoms with Crippen molar-refractivity contribution in [3.8, 4) is 0 Å². The van der Waals surface area contributed by atoms with E-state index < -0.39 is 0 Å². The van der Waals surface area contributed by atoms with Crippen molar-refractivity contribution in [2.45, 2.75) is 52.0 Å². The van der Waals surface area contributed by atoms with Crippen LogP contribution >= 0.6 is 0 Å². The maximum absolute atomic E-state index is 5.92. The molecule has 2 rings (SSSR count). The van der Waals surface area contributed by atoms with Crippen molar-refractivity contribution in [3.05, 3.63) is 11.4 Å². The van der Waals surface area contributed by atoms with Crippen LogP contribution in [0.4, 0.5) is 11.6 Å². The summed E-state index contributed by atoms with van der Waals surface area (Å²) in [7, 11) is 0. The average molecular weight is 220 g/mol. The van der Waals surface area contributed by atoms with E-state index in [1.165, 1.54) is 12.8 Å². The lowest BCUT2D eigenvalue weighted by Crippen LogP contribution is -2.19. The predicted octanol–water partition coefficient (Wildman–Crippen LogP) is 2.24.